The van der Waals surface area contributed by atoms with Gasteiger partial charge in [-0.05, 0) is 30.5 Å². The Kier molecular flexibility index (Phi) is 5.33. The molecule has 0 radical (unpaired) electrons. The monoisotopic (exact) mass is 317 g/mol. The van der Waals surface area contributed by atoms with Crippen molar-refractivity contribution in [1.82, 2.24) is 5.32 Å². The van der Waals surface area contributed by atoms with Gasteiger partial charge >= 0.3 is 5.97 Å². The number of hydrogen-bond acceptors (Lipinski definition) is 3. The number of carboxylic acid groups (broad SMARTS) is 1. The highest BCUT2D eigenvalue weighted by Gasteiger charge is 2.22. The molecule has 0 unspecified atom stereocenters. The number of carbonyl (C=O) groups is 2. The van der Waals surface area contributed by atoms with E-state index in [0.29, 0.717) is 4.88 Å². The quantitative estimate of drug-likeness (QED) is 0.860. The van der Waals surface area contributed by atoms with Crippen molar-refractivity contribution < 1.29 is 14.7 Å². The average molecular weight is 317 g/mol. The van der Waals surface area contributed by atoms with E-state index in [2.05, 4.69) is 5.32 Å². The minimum Gasteiger partial charge on any atom is -0.480 e. The van der Waals surface area contributed by atoms with Crippen molar-refractivity contribution in [2.75, 3.05) is 0 Å². The van der Waals surface area contributed by atoms with Crippen LogP contribution in [-0.2, 0) is 17.6 Å². The summed E-state index contributed by atoms with van der Waals surface area (Å²) in [7, 11) is 0. The van der Waals surface area contributed by atoms with Gasteiger partial charge in [-0.25, -0.2) is 4.79 Å². The molecule has 1 amide bonds. The van der Waals surface area contributed by atoms with Gasteiger partial charge in [0.05, 0.1) is 4.88 Å². The van der Waals surface area contributed by atoms with E-state index in [1.807, 2.05) is 50.2 Å². The predicted octanol–water partition coefficient (Wildman–Crippen LogP) is 3.04. The smallest absolute Gasteiger partial charge is 0.326 e. The zero-order valence-corrected chi connectivity index (χ0v) is 13.4. The molecule has 1 aromatic heterocycles. The number of nitrogens with one attached hydrogen (secondary N) is 1. The van der Waals surface area contributed by atoms with Gasteiger partial charge in [0.25, 0.3) is 5.91 Å². The largest absolute Gasteiger partial charge is 0.480 e. The van der Waals surface area contributed by atoms with Crippen molar-refractivity contribution in [3.05, 3.63) is 57.3 Å². The number of amides is 1. The molecule has 2 rings (SSSR count). The number of benzene rings is 1. The summed E-state index contributed by atoms with van der Waals surface area (Å²) in [6.07, 6.45) is 1.14. The predicted molar refractivity (Wildman–Crippen MR) is 87.5 cm³/mol. The third-order valence-electron chi connectivity index (χ3n) is 3.45. The van der Waals surface area contributed by atoms with Gasteiger partial charge in [0.1, 0.15) is 6.04 Å². The van der Waals surface area contributed by atoms with Gasteiger partial charge in [-0.15, -0.1) is 11.3 Å². The lowest BCUT2D eigenvalue weighted by Crippen LogP contribution is -2.42. The Morgan fingerprint density at radius 1 is 1.27 bits per heavy atom. The first-order valence-corrected chi connectivity index (χ1v) is 7.99. The van der Waals surface area contributed by atoms with Crippen molar-refractivity contribution in [1.29, 1.82) is 0 Å². The van der Waals surface area contributed by atoms with E-state index >= 15 is 0 Å². The molecule has 0 aliphatic rings. The van der Waals surface area contributed by atoms with Crippen molar-refractivity contribution in [2.45, 2.75) is 32.7 Å². The van der Waals surface area contributed by atoms with Crippen LogP contribution < -0.4 is 5.32 Å². The van der Waals surface area contributed by atoms with Crippen LogP contribution in [0.15, 0.2) is 36.4 Å². The van der Waals surface area contributed by atoms with E-state index < -0.39 is 12.0 Å². The van der Waals surface area contributed by atoms with Crippen LogP contribution in [0.1, 0.15) is 32.6 Å². The molecule has 0 saturated carbocycles. The number of thiophene rings is 1. The third-order valence-corrected chi connectivity index (χ3v) is 4.83. The van der Waals surface area contributed by atoms with E-state index in [4.69, 9.17) is 0 Å². The Balaban J connectivity index is 2.10. The van der Waals surface area contributed by atoms with Gasteiger partial charge in [0.15, 0.2) is 0 Å². The van der Waals surface area contributed by atoms with Gasteiger partial charge in [-0.1, -0.05) is 37.3 Å². The maximum Gasteiger partial charge on any atom is 0.326 e. The highest BCUT2D eigenvalue weighted by atomic mass is 32.1. The molecule has 0 bridgehead atoms. The molecule has 0 spiro atoms. The fourth-order valence-corrected chi connectivity index (χ4v) is 3.28. The SMILES string of the molecule is CCc1sc(C(=O)N[C@@H](Cc2ccccc2)C(=O)O)cc1C. The molecule has 5 heteroatoms. The standard InChI is InChI=1S/C17H19NO3S/c1-3-14-11(2)9-15(22-14)16(19)18-13(17(20)21)10-12-7-5-4-6-8-12/h4-9,13H,3,10H2,1-2H3,(H,18,19)(H,20,21)/t13-/m0/s1. The second-order valence-corrected chi connectivity index (χ2v) is 6.26. The third kappa shape index (κ3) is 3.95. The lowest BCUT2D eigenvalue weighted by Gasteiger charge is -2.14. The van der Waals surface area contributed by atoms with Crippen molar-refractivity contribution in [3.63, 3.8) is 0 Å². The lowest BCUT2D eigenvalue weighted by molar-refractivity contribution is -0.139. The van der Waals surface area contributed by atoms with Gasteiger partial charge < -0.3 is 10.4 Å². The van der Waals surface area contributed by atoms with Crippen LogP contribution in [0.5, 0.6) is 0 Å². The minimum atomic E-state index is -1.03. The number of carboxylic acids is 1. The molecule has 0 fully saturated rings. The number of hydrogen-bond donors (Lipinski definition) is 2. The number of aryl methyl sites for hydroxylation is 2. The van der Waals surface area contributed by atoms with E-state index in [9.17, 15) is 14.7 Å². The molecule has 22 heavy (non-hydrogen) atoms. The molecule has 1 atom stereocenters. The zero-order valence-electron chi connectivity index (χ0n) is 12.6. The normalized spacial score (nSPS) is 11.9. The Labute approximate surface area is 133 Å². The highest BCUT2D eigenvalue weighted by molar-refractivity contribution is 7.14. The maximum atomic E-state index is 12.3. The Morgan fingerprint density at radius 3 is 2.50 bits per heavy atom. The first-order valence-electron chi connectivity index (χ1n) is 7.18. The van der Waals surface area contributed by atoms with Crippen LogP contribution in [0.2, 0.25) is 0 Å². The molecule has 4 nitrogen and oxygen atoms in total. The molecule has 116 valence electrons. The van der Waals surface area contributed by atoms with Crippen molar-refractivity contribution in [2.24, 2.45) is 0 Å². The van der Waals surface area contributed by atoms with Crippen LogP contribution >= 0.6 is 11.3 Å². The minimum absolute atomic E-state index is 0.271. The second kappa shape index (κ2) is 7.22. The summed E-state index contributed by atoms with van der Waals surface area (Å²) in [5.41, 5.74) is 1.96. The lowest BCUT2D eigenvalue weighted by atomic mass is 10.1. The topological polar surface area (TPSA) is 66.4 Å². The Hall–Kier alpha value is -2.14. The Morgan fingerprint density at radius 2 is 1.95 bits per heavy atom. The van der Waals surface area contributed by atoms with Gasteiger partial charge in [-0.2, -0.15) is 0 Å². The molecule has 0 aliphatic carbocycles. The average Bonchev–Trinajstić information content (AvgIpc) is 2.88. The first-order chi connectivity index (χ1) is 10.5. The van der Waals surface area contributed by atoms with Crippen LogP contribution in [-0.4, -0.2) is 23.0 Å². The Bertz CT molecular complexity index is 664. The summed E-state index contributed by atoms with van der Waals surface area (Å²) in [5, 5.41) is 11.9. The summed E-state index contributed by atoms with van der Waals surface area (Å²) < 4.78 is 0. The van der Waals surface area contributed by atoms with Gasteiger partial charge in [0.2, 0.25) is 0 Å². The van der Waals surface area contributed by atoms with Crippen LogP contribution in [0.25, 0.3) is 0 Å². The van der Waals surface area contributed by atoms with E-state index in [1.54, 1.807) is 0 Å². The zero-order chi connectivity index (χ0) is 16.1. The van der Waals surface area contributed by atoms with E-state index in [0.717, 1.165) is 22.4 Å². The maximum absolute atomic E-state index is 12.3. The molecule has 2 N–H and O–H groups in total. The molecule has 0 saturated heterocycles. The summed E-state index contributed by atoms with van der Waals surface area (Å²) >= 11 is 1.42. The van der Waals surface area contributed by atoms with Crippen LogP contribution in [0.3, 0.4) is 0 Å². The fraction of sp³-hybridized carbons (Fsp3) is 0.294. The molecular weight excluding hydrogens is 298 g/mol. The van der Waals surface area contributed by atoms with E-state index in [1.165, 1.54) is 11.3 Å². The van der Waals surface area contributed by atoms with Crippen molar-refractivity contribution in [3.8, 4) is 0 Å². The summed E-state index contributed by atoms with van der Waals surface area (Å²) in [5.74, 6) is -1.35. The number of rotatable bonds is 6. The van der Waals surface area contributed by atoms with Gasteiger partial charge in [-0.3, -0.25) is 4.79 Å². The molecule has 1 aromatic carbocycles. The second-order valence-electron chi connectivity index (χ2n) is 5.12. The summed E-state index contributed by atoms with van der Waals surface area (Å²) in [4.78, 5) is 25.4. The van der Waals surface area contributed by atoms with Crippen LogP contribution in [0, 0.1) is 6.92 Å². The van der Waals surface area contributed by atoms with Crippen molar-refractivity contribution >= 4 is 23.2 Å². The number of carbonyl (C=O) groups excluding carboxylic acids is 1. The molecule has 2 aromatic rings. The van der Waals surface area contributed by atoms with Gasteiger partial charge in [0, 0.05) is 11.3 Å². The summed E-state index contributed by atoms with van der Waals surface area (Å²) in [6.45, 7) is 4.00. The molecular formula is C17H19NO3S. The van der Waals surface area contributed by atoms with Crippen LogP contribution in [0.4, 0.5) is 0 Å². The first kappa shape index (κ1) is 16.2. The summed E-state index contributed by atoms with van der Waals surface area (Å²) in [6, 6.07) is 10.2. The number of aliphatic carboxylic acids is 1. The molecule has 1 heterocycles. The van der Waals surface area contributed by atoms with E-state index in [-0.39, 0.29) is 12.3 Å². The molecule has 0 aliphatic heterocycles. The highest BCUT2D eigenvalue weighted by Crippen LogP contribution is 2.22. The fourth-order valence-electron chi connectivity index (χ4n) is 2.26.